The third-order valence-corrected chi connectivity index (χ3v) is 3.72. The molecule has 0 radical (unpaired) electrons. The van der Waals surface area contributed by atoms with E-state index in [1.165, 1.54) is 6.07 Å². The minimum Gasteiger partial charge on any atom is -0.481 e. The Hall–Kier alpha value is -1.95. The molecule has 1 heterocycles. The fraction of sp³-hybridized carbons (Fsp3) is 0.500. The number of rotatable bonds is 6. The Morgan fingerprint density at radius 2 is 2.20 bits per heavy atom. The van der Waals surface area contributed by atoms with E-state index in [9.17, 15) is 14.9 Å². The van der Waals surface area contributed by atoms with Gasteiger partial charge in [-0.3, -0.25) is 14.9 Å². The minimum atomic E-state index is -0.754. The van der Waals surface area contributed by atoms with Gasteiger partial charge < -0.3 is 10.0 Å². The van der Waals surface area contributed by atoms with Gasteiger partial charge in [0, 0.05) is 31.1 Å². The zero-order valence-electron chi connectivity index (χ0n) is 11.2. The van der Waals surface area contributed by atoms with E-state index in [0.717, 1.165) is 31.6 Å². The predicted molar refractivity (Wildman–Crippen MR) is 73.6 cm³/mol. The van der Waals surface area contributed by atoms with Crippen molar-refractivity contribution in [3.05, 3.63) is 39.9 Å². The van der Waals surface area contributed by atoms with Gasteiger partial charge in [0.25, 0.3) is 5.69 Å². The summed E-state index contributed by atoms with van der Waals surface area (Å²) in [5, 5.41) is 19.7. The smallest absolute Gasteiger partial charge is 0.303 e. The first-order chi connectivity index (χ1) is 9.56. The Kier molecular flexibility index (Phi) is 4.68. The number of hydrogen-bond donors (Lipinski definition) is 1. The quantitative estimate of drug-likeness (QED) is 0.635. The highest BCUT2D eigenvalue weighted by Crippen LogP contribution is 2.22. The van der Waals surface area contributed by atoms with Crippen LogP contribution in [0.3, 0.4) is 0 Å². The molecule has 0 spiro atoms. The lowest BCUT2D eigenvalue weighted by Crippen LogP contribution is -2.24. The van der Waals surface area contributed by atoms with E-state index in [1.54, 1.807) is 18.2 Å². The van der Waals surface area contributed by atoms with Crippen LogP contribution in [0.5, 0.6) is 0 Å². The fourth-order valence-corrected chi connectivity index (χ4v) is 2.71. The molecule has 1 aromatic rings. The second-order valence-corrected chi connectivity index (χ2v) is 5.19. The first kappa shape index (κ1) is 14.5. The van der Waals surface area contributed by atoms with E-state index in [4.69, 9.17) is 5.11 Å². The Morgan fingerprint density at radius 1 is 1.45 bits per heavy atom. The summed E-state index contributed by atoms with van der Waals surface area (Å²) < 4.78 is 0. The second kappa shape index (κ2) is 6.47. The van der Waals surface area contributed by atoms with Crippen LogP contribution in [0.1, 0.15) is 18.4 Å². The van der Waals surface area contributed by atoms with Crippen molar-refractivity contribution >= 4 is 11.7 Å². The zero-order valence-corrected chi connectivity index (χ0v) is 11.2. The number of carboxylic acid groups (broad SMARTS) is 1. The van der Waals surface area contributed by atoms with Gasteiger partial charge >= 0.3 is 5.97 Å². The number of aliphatic carboxylic acids is 1. The van der Waals surface area contributed by atoms with E-state index < -0.39 is 5.97 Å². The van der Waals surface area contributed by atoms with Crippen LogP contribution in [-0.4, -0.2) is 40.5 Å². The Bertz CT molecular complexity index is 504. The zero-order chi connectivity index (χ0) is 14.5. The number of likely N-dealkylation sites (tertiary alicyclic amines) is 1. The number of hydrogen-bond acceptors (Lipinski definition) is 4. The molecule has 0 aliphatic carbocycles. The van der Waals surface area contributed by atoms with Gasteiger partial charge in [-0.1, -0.05) is 18.2 Å². The molecule has 1 N–H and O–H groups in total. The summed E-state index contributed by atoms with van der Waals surface area (Å²) in [7, 11) is 0. The summed E-state index contributed by atoms with van der Waals surface area (Å²) in [5.41, 5.74) is 0.896. The maximum absolute atomic E-state index is 10.9. The molecular weight excluding hydrogens is 260 g/mol. The van der Waals surface area contributed by atoms with Crippen LogP contribution in [0.15, 0.2) is 24.3 Å². The summed E-state index contributed by atoms with van der Waals surface area (Å²) in [6.07, 6.45) is 1.72. The first-order valence-corrected chi connectivity index (χ1v) is 6.72. The van der Waals surface area contributed by atoms with Crippen LogP contribution in [0, 0.1) is 16.0 Å². The van der Waals surface area contributed by atoms with Crippen molar-refractivity contribution in [3.63, 3.8) is 0 Å². The maximum atomic E-state index is 10.9. The number of nitro benzene ring substituents is 1. The SMILES string of the molecule is O=C(O)CC1CCN(CCc2ccccc2[N+](=O)[O-])C1. The molecular formula is C14H18N2O4. The third kappa shape index (κ3) is 3.77. The van der Waals surface area contributed by atoms with Crippen molar-refractivity contribution in [1.29, 1.82) is 0 Å². The van der Waals surface area contributed by atoms with E-state index in [-0.39, 0.29) is 22.9 Å². The molecule has 1 atom stereocenters. The van der Waals surface area contributed by atoms with Crippen LogP contribution in [-0.2, 0) is 11.2 Å². The number of nitro groups is 1. The third-order valence-electron chi connectivity index (χ3n) is 3.72. The molecule has 6 heteroatoms. The molecule has 0 aromatic heterocycles. The number of carbonyl (C=O) groups is 1. The predicted octanol–water partition coefficient (Wildman–Crippen LogP) is 1.93. The molecule has 1 aliphatic rings. The van der Waals surface area contributed by atoms with Gasteiger partial charge in [-0.15, -0.1) is 0 Å². The molecule has 0 bridgehead atoms. The fourth-order valence-electron chi connectivity index (χ4n) is 2.71. The molecule has 1 aromatic carbocycles. The highest BCUT2D eigenvalue weighted by atomic mass is 16.6. The Labute approximate surface area is 117 Å². The molecule has 1 unspecified atom stereocenters. The van der Waals surface area contributed by atoms with Gasteiger partial charge in [0.15, 0.2) is 0 Å². The number of benzene rings is 1. The van der Waals surface area contributed by atoms with Gasteiger partial charge in [-0.05, 0) is 25.3 Å². The maximum Gasteiger partial charge on any atom is 0.303 e. The highest BCUT2D eigenvalue weighted by molar-refractivity contribution is 5.67. The average molecular weight is 278 g/mol. The van der Waals surface area contributed by atoms with Crippen molar-refractivity contribution in [2.45, 2.75) is 19.3 Å². The monoisotopic (exact) mass is 278 g/mol. The molecule has 2 rings (SSSR count). The minimum absolute atomic E-state index is 0.161. The van der Waals surface area contributed by atoms with Gasteiger partial charge in [0.2, 0.25) is 0 Å². The van der Waals surface area contributed by atoms with Gasteiger partial charge in [-0.2, -0.15) is 0 Å². The standard InChI is InChI=1S/C14H18N2O4/c17-14(18)9-11-5-7-15(10-11)8-6-12-3-1-2-4-13(12)16(19)20/h1-4,11H,5-10H2,(H,17,18). The Balaban J connectivity index is 1.87. The van der Waals surface area contributed by atoms with E-state index in [2.05, 4.69) is 4.90 Å². The van der Waals surface area contributed by atoms with Gasteiger partial charge in [0.1, 0.15) is 0 Å². The summed E-state index contributed by atoms with van der Waals surface area (Å²) in [6.45, 7) is 2.38. The lowest BCUT2D eigenvalue weighted by atomic mass is 10.1. The number of carboxylic acids is 1. The van der Waals surface area contributed by atoms with Crippen molar-refractivity contribution in [3.8, 4) is 0 Å². The average Bonchev–Trinajstić information content (AvgIpc) is 2.83. The molecule has 1 fully saturated rings. The van der Waals surface area contributed by atoms with Gasteiger partial charge in [-0.25, -0.2) is 0 Å². The van der Waals surface area contributed by atoms with Crippen molar-refractivity contribution in [2.24, 2.45) is 5.92 Å². The molecule has 6 nitrogen and oxygen atoms in total. The number of para-hydroxylation sites is 1. The topological polar surface area (TPSA) is 83.7 Å². The van der Waals surface area contributed by atoms with Crippen molar-refractivity contribution < 1.29 is 14.8 Å². The lowest BCUT2D eigenvalue weighted by Gasteiger charge is -2.15. The van der Waals surface area contributed by atoms with Crippen LogP contribution < -0.4 is 0 Å². The summed E-state index contributed by atoms with van der Waals surface area (Å²) in [6, 6.07) is 6.77. The first-order valence-electron chi connectivity index (χ1n) is 6.72. The van der Waals surface area contributed by atoms with Crippen LogP contribution in [0.4, 0.5) is 5.69 Å². The molecule has 0 saturated carbocycles. The highest BCUT2D eigenvalue weighted by Gasteiger charge is 2.24. The summed E-state index contributed by atoms with van der Waals surface area (Å²) in [5.74, 6) is -0.547. The van der Waals surface area contributed by atoms with Crippen LogP contribution >= 0.6 is 0 Å². The van der Waals surface area contributed by atoms with E-state index in [0.29, 0.717) is 6.42 Å². The molecule has 1 saturated heterocycles. The summed E-state index contributed by atoms with van der Waals surface area (Å²) in [4.78, 5) is 23.4. The molecule has 0 amide bonds. The van der Waals surface area contributed by atoms with Crippen molar-refractivity contribution in [1.82, 2.24) is 4.90 Å². The second-order valence-electron chi connectivity index (χ2n) is 5.19. The van der Waals surface area contributed by atoms with E-state index in [1.807, 2.05) is 0 Å². The lowest BCUT2D eigenvalue weighted by molar-refractivity contribution is -0.385. The van der Waals surface area contributed by atoms with Crippen LogP contribution in [0.25, 0.3) is 0 Å². The van der Waals surface area contributed by atoms with Gasteiger partial charge in [0.05, 0.1) is 4.92 Å². The Morgan fingerprint density at radius 3 is 2.90 bits per heavy atom. The molecule has 1 aliphatic heterocycles. The molecule has 108 valence electrons. The number of nitrogens with zero attached hydrogens (tertiary/aromatic N) is 2. The van der Waals surface area contributed by atoms with Crippen LogP contribution in [0.2, 0.25) is 0 Å². The van der Waals surface area contributed by atoms with E-state index >= 15 is 0 Å². The largest absolute Gasteiger partial charge is 0.481 e. The summed E-state index contributed by atoms with van der Waals surface area (Å²) >= 11 is 0. The molecule has 20 heavy (non-hydrogen) atoms. The van der Waals surface area contributed by atoms with Crippen molar-refractivity contribution in [2.75, 3.05) is 19.6 Å². The normalized spacial score (nSPS) is 19.1.